The Morgan fingerprint density at radius 3 is 2.80 bits per heavy atom. The molecule has 0 heterocycles. The number of hydrogen-bond donors (Lipinski definition) is 2. The highest BCUT2D eigenvalue weighted by molar-refractivity contribution is 5.48. The summed E-state index contributed by atoms with van der Waals surface area (Å²) in [6.07, 6.45) is 2.96. The minimum atomic E-state index is -0.0538. The van der Waals surface area contributed by atoms with E-state index < -0.39 is 0 Å². The summed E-state index contributed by atoms with van der Waals surface area (Å²) >= 11 is 0. The number of nitrogens with two attached hydrogens (primary N) is 1. The van der Waals surface area contributed by atoms with E-state index >= 15 is 0 Å². The van der Waals surface area contributed by atoms with Crippen molar-refractivity contribution in [3.63, 3.8) is 0 Å². The van der Waals surface area contributed by atoms with E-state index in [0.29, 0.717) is 12.4 Å². The molecule has 0 fully saturated rings. The molecule has 0 aliphatic heterocycles. The molecule has 20 heavy (non-hydrogen) atoms. The van der Waals surface area contributed by atoms with Crippen LogP contribution >= 0.6 is 0 Å². The average Bonchev–Trinajstić information content (AvgIpc) is 2.46. The van der Waals surface area contributed by atoms with E-state index in [2.05, 4.69) is 0 Å². The lowest BCUT2D eigenvalue weighted by Gasteiger charge is -2.24. The summed E-state index contributed by atoms with van der Waals surface area (Å²) in [5.41, 5.74) is 9.18. The summed E-state index contributed by atoms with van der Waals surface area (Å²) in [4.78, 5) is 0. The number of aryl methyl sites for hydroxylation is 1. The van der Waals surface area contributed by atoms with E-state index in [4.69, 9.17) is 10.5 Å². The van der Waals surface area contributed by atoms with Crippen LogP contribution in [0.4, 0.5) is 0 Å². The average molecular weight is 269 g/mol. The third-order valence-electron chi connectivity index (χ3n) is 3.80. The van der Waals surface area contributed by atoms with Crippen molar-refractivity contribution >= 4 is 0 Å². The number of hydrogen-bond acceptors (Lipinski definition) is 3. The van der Waals surface area contributed by atoms with E-state index in [0.717, 1.165) is 36.0 Å². The van der Waals surface area contributed by atoms with E-state index in [1.807, 2.05) is 36.4 Å². The topological polar surface area (TPSA) is 55.5 Å². The number of fused-ring (bicyclic) bond motifs is 1. The molecule has 3 rings (SSSR count). The summed E-state index contributed by atoms with van der Waals surface area (Å²) in [7, 11) is 0. The van der Waals surface area contributed by atoms with Crippen molar-refractivity contribution in [3.05, 3.63) is 59.2 Å². The number of rotatable bonds is 3. The van der Waals surface area contributed by atoms with Crippen molar-refractivity contribution in [2.24, 2.45) is 5.73 Å². The summed E-state index contributed by atoms with van der Waals surface area (Å²) in [5.74, 6) is 0.969. The van der Waals surface area contributed by atoms with Crippen LogP contribution in [-0.4, -0.2) is 5.11 Å². The van der Waals surface area contributed by atoms with E-state index in [1.54, 1.807) is 6.07 Å². The van der Waals surface area contributed by atoms with Crippen LogP contribution in [0.3, 0.4) is 0 Å². The van der Waals surface area contributed by atoms with E-state index in [1.165, 1.54) is 0 Å². The zero-order chi connectivity index (χ0) is 13.9. The molecule has 0 amide bonds. The maximum atomic E-state index is 10.1. The van der Waals surface area contributed by atoms with Gasteiger partial charge in [0.05, 0.1) is 0 Å². The van der Waals surface area contributed by atoms with Gasteiger partial charge in [-0.3, -0.25) is 0 Å². The Hall–Kier alpha value is -2.00. The van der Waals surface area contributed by atoms with Gasteiger partial charge in [-0.05, 0) is 36.5 Å². The van der Waals surface area contributed by atoms with Gasteiger partial charge in [-0.15, -0.1) is 0 Å². The van der Waals surface area contributed by atoms with Crippen LogP contribution in [0.25, 0.3) is 0 Å². The molecule has 3 nitrogen and oxygen atoms in total. The van der Waals surface area contributed by atoms with Gasteiger partial charge in [0.2, 0.25) is 0 Å². The maximum absolute atomic E-state index is 10.1. The Balaban J connectivity index is 1.79. The second-order valence-corrected chi connectivity index (χ2v) is 5.29. The first kappa shape index (κ1) is 13.0. The highest BCUT2D eigenvalue weighted by atomic mass is 16.5. The van der Waals surface area contributed by atoms with Gasteiger partial charge in [-0.2, -0.15) is 0 Å². The van der Waals surface area contributed by atoms with Gasteiger partial charge in [0, 0.05) is 17.7 Å². The Kier molecular flexibility index (Phi) is 3.61. The van der Waals surface area contributed by atoms with Gasteiger partial charge >= 0.3 is 0 Å². The summed E-state index contributed by atoms with van der Waals surface area (Å²) in [6, 6.07) is 13.6. The van der Waals surface area contributed by atoms with Gasteiger partial charge in [0.25, 0.3) is 0 Å². The third kappa shape index (κ3) is 2.63. The molecule has 0 saturated carbocycles. The van der Waals surface area contributed by atoms with Crippen LogP contribution in [0.2, 0.25) is 0 Å². The fraction of sp³-hybridized carbons (Fsp3) is 0.294. The first-order valence-corrected chi connectivity index (χ1v) is 7.02. The number of phenolic OH excluding ortho intramolecular Hbond substituents is 1. The second kappa shape index (κ2) is 5.55. The SMILES string of the molecule is N[C@H]1CCCc2cc(OCc3ccccc3)cc(O)c21. The molecule has 2 aromatic carbocycles. The van der Waals surface area contributed by atoms with Gasteiger partial charge in [-0.1, -0.05) is 30.3 Å². The Labute approximate surface area is 119 Å². The molecule has 104 valence electrons. The van der Waals surface area contributed by atoms with Gasteiger partial charge in [0.15, 0.2) is 0 Å². The Bertz CT molecular complexity index is 595. The number of aromatic hydroxyl groups is 1. The fourth-order valence-electron chi connectivity index (χ4n) is 2.78. The van der Waals surface area contributed by atoms with Crippen LogP contribution < -0.4 is 10.5 Å². The van der Waals surface area contributed by atoms with Crippen molar-refractivity contribution in [2.45, 2.75) is 31.9 Å². The molecule has 0 unspecified atom stereocenters. The van der Waals surface area contributed by atoms with Crippen molar-refractivity contribution in [2.75, 3.05) is 0 Å². The first-order valence-electron chi connectivity index (χ1n) is 7.02. The molecular weight excluding hydrogens is 250 g/mol. The summed E-state index contributed by atoms with van der Waals surface area (Å²) < 4.78 is 5.77. The van der Waals surface area contributed by atoms with Crippen LogP contribution in [0.1, 0.15) is 35.6 Å². The fourth-order valence-corrected chi connectivity index (χ4v) is 2.78. The molecule has 0 bridgehead atoms. The molecule has 0 spiro atoms. The van der Waals surface area contributed by atoms with Crippen molar-refractivity contribution in [1.29, 1.82) is 0 Å². The lowest BCUT2D eigenvalue weighted by Crippen LogP contribution is -2.17. The molecule has 2 aromatic rings. The predicted molar refractivity (Wildman–Crippen MR) is 78.7 cm³/mol. The van der Waals surface area contributed by atoms with Crippen LogP contribution in [0.15, 0.2) is 42.5 Å². The minimum absolute atomic E-state index is 0.0538. The highest BCUT2D eigenvalue weighted by Gasteiger charge is 2.21. The standard InChI is InChI=1S/C17H19NO2/c18-15-8-4-7-13-9-14(10-16(19)17(13)15)20-11-12-5-2-1-3-6-12/h1-3,5-6,9-10,15,19H,4,7-8,11,18H2/t15-/m0/s1. The monoisotopic (exact) mass is 269 g/mol. The van der Waals surface area contributed by atoms with E-state index in [9.17, 15) is 5.11 Å². The lowest BCUT2D eigenvalue weighted by atomic mass is 9.87. The predicted octanol–water partition coefficient (Wildman–Crippen LogP) is 3.31. The number of phenols is 1. The smallest absolute Gasteiger partial charge is 0.124 e. The molecular formula is C17H19NO2. The van der Waals surface area contributed by atoms with Crippen molar-refractivity contribution in [3.8, 4) is 11.5 Å². The minimum Gasteiger partial charge on any atom is -0.507 e. The molecule has 0 aromatic heterocycles. The highest BCUT2D eigenvalue weighted by Crippen LogP contribution is 2.37. The summed E-state index contributed by atoms with van der Waals surface area (Å²) in [6.45, 7) is 0.505. The van der Waals surface area contributed by atoms with Crippen molar-refractivity contribution in [1.82, 2.24) is 0 Å². The van der Waals surface area contributed by atoms with Crippen LogP contribution in [-0.2, 0) is 13.0 Å². The largest absolute Gasteiger partial charge is 0.507 e. The molecule has 0 radical (unpaired) electrons. The van der Waals surface area contributed by atoms with Gasteiger partial charge in [0.1, 0.15) is 18.1 Å². The zero-order valence-electron chi connectivity index (χ0n) is 11.4. The molecule has 1 aliphatic carbocycles. The summed E-state index contributed by atoms with van der Waals surface area (Å²) in [5, 5.41) is 10.1. The lowest BCUT2D eigenvalue weighted by molar-refractivity contribution is 0.303. The Morgan fingerprint density at radius 1 is 1.20 bits per heavy atom. The van der Waals surface area contributed by atoms with Crippen molar-refractivity contribution < 1.29 is 9.84 Å². The second-order valence-electron chi connectivity index (χ2n) is 5.29. The van der Waals surface area contributed by atoms with Crippen LogP contribution in [0.5, 0.6) is 11.5 Å². The zero-order valence-corrected chi connectivity index (χ0v) is 11.4. The van der Waals surface area contributed by atoms with Gasteiger partial charge in [-0.25, -0.2) is 0 Å². The molecule has 0 saturated heterocycles. The molecule has 1 atom stereocenters. The normalized spacial score (nSPS) is 17.6. The number of benzene rings is 2. The quantitative estimate of drug-likeness (QED) is 0.898. The van der Waals surface area contributed by atoms with Gasteiger partial charge < -0.3 is 15.6 Å². The first-order chi connectivity index (χ1) is 9.74. The number of ether oxygens (including phenoxy) is 1. The van der Waals surface area contributed by atoms with E-state index in [-0.39, 0.29) is 11.8 Å². The molecule has 3 N–H and O–H groups in total. The Morgan fingerprint density at radius 2 is 2.00 bits per heavy atom. The molecule has 1 aliphatic rings. The van der Waals surface area contributed by atoms with Crippen LogP contribution in [0, 0.1) is 0 Å². The maximum Gasteiger partial charge on any atom is 0.124 e. The third-order valence-corrected chi connectivity index (χ3v) is 3.80. The molecule has 3 heteroatoms.